The minimum Gasteiger partial charge on any atom is -0.478 e. The molecule has 0 aliphatic carbocycles. The second-order valence-electron chi connectivity index (χ2n) is 8.58. The number of aromatic carboxylic acids is 1. The van der Waals surface area contributed by atoms with Crippen LogP contribution in [0.4, 0.5) is 26.7 Å². The Morgan fingerprint density at radius 3 is 2.15 bits per heavy atom. The smallest absolute Gasteiger partial charge is 0.416 e. The Labute approximate surface area is 220 Å². The number of carbonyl (C=O) groups is 2. The van der Waals surface area contributed by atoms with Crippen LogP contribution >= 0.6 is 0 Å². The number of carboxylic acid groups (broad SMARTS) is 1. The van der Waals surface area contributed by atoms with Crippen LogP contribution in [-0.4, -0.2) is 32.2 Å². The van der Waals surface area contributed by atoms with Crippen LogP contribution in [0.25, 0.3) is 0 Å². The third-order valence-electron chi connectivity index (χ3n) is 5.74. The van der Waals surface area contributed by atoms with Gasteiger partial charge in [-0.25, -0.2) is 26.8 Å². The maximum absolute atomic E-state index is 14.7. The van der Waals surface area contributed by atoms with Crippen LogP contribution in [0, 0.1) is 17.6 Å². The summed E-state index contributed by atoms with van der Waals surface area (Å²) in [6.07, 6.45) is -5.70. The van der Waals surface area contributed by atoms with Crippen molar-refractivity contribution in [2.45, 2.75) is 29.8 Å². The number of halogens is 5. The lowest BCUT2D eigenvalue weighted by molar-refractivity contribution is -0.137. The van der Waals surface area contributed by atoms with E-state index < -0.39 is 73.5 Å². The first-order valence-electron chi connectivity index (χ1n) is 11.3. The summed E-state index contributed by atoms with van der Waals surface area (Å²) in [6, 6.07) is 10.3. The molecule has 0 saturated carbocycles. The molecule has 39 heavy (non-hydrogen) atoms. The van der Waals surface area contributed by atoms with Gasteiger partial charge < -0.3 is 15.2 Å². The molecule has 208 valence electrons. The van der Waals surface area contributed by atoms with Gasteiger partial charge in [0.15, 0.2) is 9.84 Å². The van der Waals surface area contributed by atoms with E-state index in [0.29, 0.717) is 23.8 Å². The predicted octanol–water partition coefficient (Wildman–Crippen LogP) is 5.76. The number of alkyl carbamates (subject to hydrolysis) is 1. The Bertz CT molecular complexity index is 1440. The summed E-state index contributed by atoms with van der Waals surface area (Å²) in [5.74, 6) is -4.32. The van der Waals surface area contributed by atoms with Crippen molar-refractivity contribution in [1.82, 2.24) is 5.32 Å². The van der Waals surface area contributed by atoms with Crippen molar-refractivity contribution in [1.29, 1.82) is 0 Å². The van der Waals surface area contributed by atoms with E-state index in [0.717, 1.165) is 24.3 Å². The number of hydrogen-bond acceptors (Lipinski definition) is 5. The Kier molecular flexibility index (Phi) is 8.95. The van der Waals surface area contributed by atoms with Crippen LogP contribution in [0.15, 0.2) is 71.6 Å². The Morgan fingerprint density at radius 2 is 1.59 bits per heavy atom. The summed E-state index contributed by atoms with van der Waals surface area (Å²) >= 11 is 0. The molecule has 0 fully saturated rings. The summed E-state index contributed by atoms with van der Waals surface area (Å²) in [4.78, 5) is 22.6. The van der Waals surface area contributed by atoms with Gasteiger partial charge in [0.2, 0.25) is 0 Å². The zero-order valence-corrected chi connectivity index (χ0v) is 21.0. The number of amides is 1. The van der Waals surface area contributed by atoms with Crippen molar-refractivity contribution in [2.75, 3.05) is 6.61 Å². The zero-order valence-electron chi connectivity index (χ0n) is 20.2. The molecule has 7 nitrogen and oxygen atoms in total. The van der Waals surface area contributed by atoms with Crippen LogP contribution in [0.1, 0.15) is 39.2 Å². The lowest BCUT2D eigenvalue weighted by atomic mass is 10.0. The number of nitrogens with one attached hydrogen (secondary N) is 1. The molecule has 3 aromatic rings. The van der Waals surface area contributed by atoms with E-state index in [4.69, 9.17) is 9.84 Å². The number of carbonyl (C=O) groups excluding carboxylic acids is 1. The summed E-state index contributed by atoms with van der Waals surface area (Å²) in [7, 11) is -4.60. The molecule has 0 saturated heterocycles. The molecule has 0 spiro atoms. The lowest BCUT2D eigenvalue weighted by Gasteiger charge is -2.25. The number of rotatable bonds is 9. The summed E-state index contributed by atoms with van der Waals surface area (Å²) in [6.45, 7) is 0.664. The fraction of sp³-hybridized carbons (Fsp3) is 0.231. The van der Waals surface area contributed by atoms with Crippen LogP contribution in [0.3, 0.4) is 0 Å². The lowest BCUT2D eigenvalue weighted by Crippen LogP contribution is -2.29. The van der Waals surface area contributed by atoms with Gasteiger partial charge in [-0.1, -0.05) is 19.1 Å². The summed E-state index contributed by atoms with van der Waals surface area (Å²) < 4.78 is 99.5. The average Bonchev–Trinajstić information content (AvgIpc) is 2.88. The first-order chi connectivity index (χ1) is 18.2. The van der Waals surface area contributed by atoms with E-state index in [9.17, 15) is 40.0 Å². The van der Waals surface area contributed by atoms with E-state index in [1.807, 2.05) is 0 Å². The fourth-order valence-corrected chi connectivity index (χ4v) is 5.79. The van der Waals surface area contributed by atoms with Gasteiger partial charge in [-0.05, 0) is 60.2 Å². The molecule has 0 aromatic heterocycles. The Balaban J connectivity index is 1.80. The molecular formula is C26H22F5NO6S. The van der Waals surface area contributed by atoms with Gasteiger partial charge in [0, 0.05) is 18.0 Å². The van der Waals surface area contributed by atoms with Crippen molar-refractivity contribution < 1.29 is 49.8 Å². The van der Waals surface area contributed by atoms with Gasteiger partial charge in [0.05, 0.1) is 27.9 Å². The molecule has 0 unspecified atom stereocenters. The van der Waals surface area contributed by atoms with E-state index in [2.05, 4.69) is 5.32 Å². The zero-order chi connectivity index (χ0) is 29.0. The second kappa shape index (κ2) is 11.8. The third-order valence-corrected chi connectivity index (χ3v) is 8.06. The van der Waals surface area contributed by atoms with Gasteiger partial charge in [0.25, 0.3) is 0 Å². The molecule has 0 aliphatic rings. The highest BCUT2D eigenvalue weighted by Crippen LogP contribution is 2.38. The first kappa shape index (κ1) is 29.6. The van der Waals surface area contributed by atoms with Crippen LogP contribution in [0.5, 0.6) is 0 Å². The van der Waals surface area contributed by atoms with Gasteiger partial charge in [-0.15, -0.1) is 0 Å². The third kappa shape index (κ3) is 7.31. The maximum atomic E-state index is 14.7. The molecule has 0 aliphatic heterocycles. The minimum atomic E-state index is -4.72. The molecule has 0 bridgehead atoms. The van der Waals surface area contributed by atoms with Crippen molar-refractivity contribution in [3.8, 4) is 0 Å². The summed E-state index contributed by atoms with van der Waals surface area (Å²) in [5.41, 5.74) is -1.10. The van der Waals surface area contributed by atoms with Crippen molar-refractivity contribution in [3.05, 3.63) is 101 Å². The highest BCUT2D eigenvalue weighted by atomic mass is 32.2. The van der Waals surface area contributed by atoms with Crippen LogP contribution < -0.4 is 5.32 Å². The number of sulfone groups is 1. The standard InChI is InChI=1S/C26H22F5NO6S/c1-15(14-38-25(35)32-13-16-2-4-17(5-3-16)24(33)34)23(21-12-19(27)8-11-22(21)28)39(36,37)20-9-6-18(7-10-20)26(29,30)31/h2-12,15,23H,13-14H2,1H3,(H,32,35)(H,33,34)/t15-,23+/m1/s1. The number of alkyl halides is 3. The molecule has 0 heterocycles. The molecule has 2 atom stereocenters. The number of hydrogen-bond donors (Lipinski definition) is 2. The number of ether oxygens (including phenoxy) is 1. The summed E-state index contributed by atoms with van der Waals surface area (Å²) in [5, 5.41) is 9.50. The normalized spacial score (nSPS) is 13.4. The van der Waals surface area contributed by atoms with Crippen molar-refractivity contribution in [3.63, 3.8) is 0 Å². The van der Waals surface area contributed by atoms with Crippen LogP contribution in [0.2, 0.25) is 0 Å². The number of benzene rings is 3. The van der Waals surface area contributed by atoms with E-state index in [-0.39, 0.29) is 12.1 Å². The van der Waals surface area contributed by atoms with E-state index >= 15 is 0 Å². The quantitative estimate of drug-likeness (QED) is 0.316. The van der Waals surface area contributed by atoms with Gasteiger partial charge >= 0.3 is 18.2 Å². The van der Waals surface area contributed by atoms with E-state index in [1.54, 1.807) is 0 Å². The number of carboxylic acids is 1. The monoisotopic (exact) mass is 571 g/mol. The second-order valence-corrected chi connectivity index (χ2v) is 10.7. The largest absolute Gasteiger partial charge is 0.478 e. The molecular weight excluding hydrogens is 549 g/mol. The topological polar surface area (TPSA) is 110 Å². The van der Waals surface area contributed by atoms with Gasteiger partial charge in [-0.3, -0.25) is 0 Å². The minimum absolute atomic E-state index is 0.0417. The molecule has 2 N–H and O–H groups in total. The van der Waals surface area contributed by atoms with Gasteiger partial charge in [0.1, 0.15) is 11.6 Å². The van der Waals surface area contributed by atoms with Gasteiger partial charge in [-0.2, -0.15) is 13.2 Å². The highest BCUT2D eigenvalue weighted by molar-refractivity contribution is 7.91. The molecule has 3 rings (SSSR count). The average molecular weight is 572 g/mol. The van der Waals surface area contributed by atoms with Crippen molar-refractivity contribution >= 4 is 21.9 Å². The Hall–Kier alpha value is -4.00. The highest BCUT2D eigenvalue weighted by Gasteiger charge is 2.38. The van der Waals surface area contributed by atoms with Crippen LogP contribution in [-0.2, 0) is 27.3 Å². The Morgan fingerprint density at radius 1 is 0.974 bits per heavy atom. The SMILES string of the molecule is C[C@H](COC(=O)NCc1ccc(C(=O)O)cc1)[C@@H](c1cc(F)ccc1F)S(=O)(=O)c1ccc(C(F)(F)F)cc1. The first-order valence-corrected chi connectivity index (χ1v) is 12.8. The molecule has 1 amide bonds. The predicted molar refractivity (Wildman–Crippen MR) is 128 cm³/mol. The van der Waals surface area contributed by atoms with E-state index in [1.165, 1.54) is 31.2 Å². The maximum Gasteiger partial charge on any atom is 0.416 e. The molecule has 3 aromatic carbocycles. The van der Waals surface area contributed by atoms with Crippen molar-refractivity contribution in [2.24, 2.45) is 5.92 Å². The molecule has 13 heteroatoms. The molecule has 0 radical (unpaired) electrons. The fourth-order valence-electron chi connectivity index (χ4n) is 3.78.